The van der Waals surface area contributed by atoms with Gasteiger partial charge in [0.05, 0.1) is 5.56 Å². The molecule has 0 bridgehead atoms. The molecule has 100 valence electrons. The van der Waals surface area contributed by atoms with Crippen LogP contribution in [0, 0.1) is 5.92 Å². The summed E-state index contributed by atoms with van der Waals surface area (Å²) in [5.41, 5.74) is 0.335. The van der Waals surface area contributed by atoms with Gasteiger partial charge in [-0.1, -0.05) is 5.16 Å². The van der Waals surface area contributed by atoms with E-state index in [1.54, 1.807) is 0 Å². The van der Waals surface area contributed by atoms with Crippen LogP contribution in [0.1, 0.15) is 12.2 Å². The van der Waals surface area contributed by atoms with Crippen LogP contribution in [0.25, 0.3) is 11.5 Å². The second-order valence-corrected chi connectivity index (χ2v) is 4.65. The van der Waals surface area contributed by atoms with Crippen molar-refractivity contribution in [2.75, 3.05) is 13.2 Å². The molecule has 2 aromatic rings. The first-order valence-electron chi connectivity index (χ1n) is 6.15. The highest BCUT2D eigenvalue weighted by atomic mass is 16.5. The van der Waals surface area contributed by atoms with Crippen LogP contribution in [0.2, 0.25) is 0 Å². The second kappa shape index (κ2) is 4.89. The average molecular weight is 262 g/mol. The molecule has 1 atom stereocenters. The largest absolute Gasteiger partial charge is 0.508 e. The van der Waals surface area contributed by atoms with Gasteiger partial charge in [0.25, 0.3) is 5.89 Å². The fraction of sp³-hybridized carbons (Fsp3) is 0.385. The summed E-state index contributed by atoms with van der Waals surface area (Å²) in [7, 11) is 0. The molecule has 6 heteroatoms. The van der Waals surface area contributed by atoms with Crippen LogP contribution in [0.3, 0.4) is 0 Å². The first kappa shape index (κ1) is 12.0. The molecule has 0 amide bonds. The maximum absolute atomic E-state index is 9.72. The summed E-state index contributed by atoms with van der Waals surface area (Å²) < 4.78 is 10.4. The highest BCUT2D eigenvalue weighted by molar-refractivity contribution is 5.64. The third-order valence-corrected chi connectivity index (χ3v) is 3.17. The fourth-order valence-corrected chi connectivity index (χ4v) is 2.14. The van der Waals surface area contributed by atoms with Gasteiger partial charge in [0.1, 0.15) is 11.5 Å². The normalized spacial score (nSPS) is 18.8. The van der Waals surface area contributed by atoms with Gasteiger partial charge in [-0.05, 0) is 30.5 Å². The predicted molar refractivity (Wildman–Crippen MR) is 65.7 cm³/mol. The van der Waals surface area contributed by atoms with E-state index in [4.69, 9.17) is 9.26 Å². The van der Waals surface area contributed by atoms with Gasteiger partial charge in [-0.25, -0.2) is 0 Å². The SMILES string of the molecule is Oc1ccc(O)c(-c2nc(CC3CCOC3)no2)c1. The number of rotatable bonds is 3. The molecular formula is C13H14N2O4. The van der Waals surface area contributed by atoms with E-state index in [1.807, 2.05) is 0 Å². The van der Waals surface area contributed by atoms with Crippen molar-refractivity contribution in [2.24, 2.45) is 5.92 Å². The number of phenols is 2. The van der Waals surface area contributed by atoms with Gasteiger partial charge in [-0.2, -0.15) is 4.98 Å². The average Bonchev–Trinajstić information content (AvgIpc) is 3.04. The summed E-state index contributed by atoms with van der Waals surface area (Å²) in [6.07, 6.45) is 1.70. The lowest BCUT2D eigenvalue weighted by Gasteiger charge is -2.01. The Labute approximate surface area is 109 Å². The van der Waals surface area contributed by atoms with Crippen molar-refractivity contribution in [3.8, 4) is 23.0 Å². The minimum Gasteiger partial charge on any atom is -0.508 e. The Morgan fingerprint density at radius 2 is 2.21 bits per heavy atom. The molecule has 1 fully saturated rings. The molecule has 1 aromatic carbocycles. The number of nitrogens with zero attached hydrogens (tertiary/aromatic N) is 2. The van der Waals surface area contributed by atoms with E-state index in [0.29, 0.717) is 23.7 Å². The van der Waals surface area contributed by atoms with E-state index in [-0.39, 0.29) is 17.4 Å². The molecule has 2 N–H and O–H groups in total. The number of hydrogen-bond acceptors (Lipinski definition) is 6. The van der Waals surface area contributed by atoms with Crippen molar-refractivity contribution >= 4 is 0 Å². The Bertz CT molecular complexity index is 576. The van der Waals surface area contributed by atoms with Crippen LogP contribution in [0.5, 0.6) is 11.5 Å². The van der Waals surface area contributed by atoms with E-state index in [9.17, 15) is 10.2 Å². The van der Waals surface area contributed by atoms with Gasteiger partial charge in [-0.3, -0.25) is 0 Å². The second-order valence-electron chi connectivity index (χ2n) is 4.65. The van der Waals surface area contributed by atoms with Crippen molar-refractivity contribution in [3.63, 3.8) is 0 Å². The van der Waals surface area contributed by atoms with E-state index in [1.165, 1.54) is 18.2 Å². The van der Waals surface area contributed by atoms with Gasteiger partial charge >= 0.3 is 0 Å². The van der Waals surface area contributed by atoms with E-state index in [0.717, 1.165) is 19.6 Å². The minimum absolute atomic E-state index is 0.00259. The Balaban J connectivity index is 1.82. The van der Waals surface area contributed by atoms with Crippen LogP contribution in [0.15, 0.2) is 22.7 Å². The molecule has 6 nitrogen and oxygen atoms in total. The Morgan fingerprint density at radius 3 is 3.00 bits per heavy atom. The maximum atomic E-state index is 9.72. The zero-order chi connectivity index (χ0) is 13.2. The van der Waals surface area contributed by atoms with Crippen molar-refractivity contribution < 1.29 is 19.5 Å². The van der Waals surface area contributed by atoms with Gasteiger partial charge < -0.3 is 19.5 Å². The molecule has 0 spiro atoms. The Kier molecular flexibility index (Phi) is 3.08. The highest BCUT2D eigenvalue weighted by Gasteiger charge is 2.20. The number of aromatic hydroxyl groups is 2. The summed E-state index contributed by atoms with van der Waals surface area (Å²) in [4.78, 5) is 4.24. The van der Waals surface area contributed by atoms with Gasteiger partial charge in [0.2, 0.25) is 0 Å². The number of ether oxygens (including phenoxy) is 1. The minimum atomic E-state index is -0.00259. The monoisotopic (exact) mass is 262 g/mol. The molecule has 1 aliphatic rings. The third-order valence-electron chi connectivity index (χ3n) is 3.17. The lowest BCUT2D eigenvalue weighted by Crippen LogP contribution is -2.04. The Morgan fingerprint density at radius 1 is 1.32 bits per heavy atom. The summed E-state index contributed by atoms with van der Waals surface area (Å²) in [6, 6.07) is 4.18. The van der Waals surface area contributed by atoms with Crippen LogP contribution < -0.4 is 0 Å². The van der Waals surface area contributed by atoms with Crippen molar-refractivity contribution in [1.82, 2.24) is 10.1 Å². The summed E-state index contributed by atoms with van der Waals surface area (Å²) >= 11 is 0. The highest BCUT2D eigenvalue weighted by Crippen LogP contribution is 2.31. The summed E-state index contributed by atoms with van der Waals surface area (Å²) in [5.74, 6) is 1.26. The molecule has 1 saturated heterocycles. The van der Waals surface area contributed by atoms with E-state index in [2.05, 4.69) is 10.1 Å². The summed E-state index contributed by atoms with van der Waals surface area (Å²) in [6.45, 7) is 1.50. The molecular weight excluding hydrogens is 248 g/mol. The van der Waals surface area contributed by atoms with Gasteiger partial charge in [-0.15, -0.1) is 0 Å². The molecule has 2 heterocycles. The first-order valence-corrected chi connectivity index (χ1v) is 6.15. The van der Waals surface area contributed by atoms with Gasteiger partial charge in [0, 0.05) is 19.6 Å². The summed E-state index contributed by atoms with van der Waals surface area (Å²) in [5, 5.41) is 23.0. The van der Waals surface area contributed by atoms with Crippen molar-refractivity contribution in [1.29, 1.82) is 0 Å². The fourth-order valence-electron chi connectivity index (χ4n) is 2.14. The molecule has 1 aromatic heterocycles. The molecule has 19 heavy (non-hydrogen) atoms. The lowest BCUT2D eigenvalue weighted by atomic mass is 10.1. The van der Waals surface area contributed by atoms with Crippen LogP contribution in [0.4, 0.5) is 0 Å². The number of phenolic OH excluding ortho intramolecular Hbond substituents is 2. The van der Waals surface area contributed by atoms with Crippen molar-refractivity contribution in [3.05, 3.63) is 24.0 Å². The van der Waals surface area contributed by atoms with Crippen LogP contribution in [-0.4, -0.2) is 33.6 Å². The van der Waals surface area contributed by atoms with Crippen molar-refractivity contribution in [2.45, 2.75) is 12.8 Å². The van der Waals surface area contributed by atoms with Crippen LogP contribution in [-0.2, 0) is 11.2 Å². The number of benzene rings is 1. The number of hydrogen-bond donors (Lipinski definition) is 2. The first-order chi connectivity index (χ1) is 9.22. The molecule has 1 unspecified atom stereocenters. The van der Waals surface area contributed by atoms with Crippen LogP contribution >= 0.6 is 0 Å². The quantitative estimate of drug-likeness (QED) is 0.819. The van der Waals surface area contributed by atoms with E-state index >= 15 is 0 Å². The standard InChI is InChI=1S/C13H14N2O4/c16-9-1-2-11(17)10(6-9)13-14-12(15-19-13)5-8-3-4-18-7-8/h1-2,6,8,16-17H,3-5,7H2. The third kappa shape index (κ3) is 2.53. The molecule has 0 saturated carbocycles. The molecule has 0 aliphatic carbocycles. The molecule has 0 radical (unpaired) electrons. The molecule has 3 rings (SSSR count). The lowest BCUT2D eigenvalue weighted by molar-refractivity contribution is 0.185. The predicted octanol–water partition coefficient (Wildman–Crippen LogP) is 1.73. The van der Waals surface area contributed by atoms with Gasteiger partial charge in [0.15, 0.2) is 5.82 Å². The maximum Gasteiger partial charge on any atom is 0.261 e. The smallest absolute Gasteiger partial charge is 0.261 e. The van der Waals surface area contributed by atoms with E-state index < -0.39 is 0 Å². The topological polar surface area (TPSA) is 88.6 Å². The Hall–Kier alpha value is -2.08. The molecule has 1 aliphatic heterocycles. The zero-order valence-corrected chi connectivity index (χ0v) is 10.2. The number of aromatic nitrogens is 2. The zero-order valence-electron chi connectivity index (χ0n) is 10.2.